The maximum absolute atomic E-state index is 13.2. The molecule has 0 bridgehead atoms. The number of carbonyl (C=O) groups is 3. The summed E-state index contributed by atoms with van der Waals surface area (Å²) in [6.45, 7) is 0.136. The van der Waals surface area contributed by atoms with Crippen LogP contribution in [-0.4, -0.2) is 33.6 Å². The van der Waals surface area contributed by atoms with E-state index < -0.39 is 17.9 Å². The Bertz CT molecular complexity index is 1040. The number of aromatic nitrogens is 1. The lowest BCUT2D eigenvalue weighted by molar-refractivity contribution is -0.122. The number of imide groups is 1. The molecule has 0 N–H and O–H groups in total. The third kappa shape index (κ3) is 3.93. The van der Waals surface area contributed by atoms with E-state index in [2.05, 4.69) is 27.6 Å². The van der Waals surface area contributed by atoms with Crippen molar-refractivity contribution in [3.8, 4) is 0 Å². The second-order valence-corrected chi connectivity index (χ2v) is 7.78. The molecule has 1 saturated heterocycles. The van der Waals surface area contributed by atoms with Crippen molar-refractivity contribution in [2.75, 3.05) is 4.90 Å². The smallest absolute Gasteiger partial charge is 0.290 e. The molecule has 0 saturated carbocycles. The molecule has 8 heteroatoms. The lowest BCUT2D eigenvalue weighted by Crippen LogP contribution is -2.45. The van der Waals surface area contributed by atoms with Crippen LogP contribution in [0.4, 0.5) is 5.69 Å². The Morgan fingerprint density at radius 3 is 2.62 bits per heavy atom. The summed E-state index contributed by atoms with van der Waals surface area (Å²) in [5, 5.41) is 0. The summed E-state index contributed by atoms with van der Waals surface area (Å²) in [7, 11) is 0. The average molecular weight is 501 g/mol. The van der Waals surface area contributed by atoms with Crippen molar-refractivity contribution in [2.45, 2.75) is 19.0 Å². The van der Waals surface area contributed by atoms with Crippen molar-refractivity contribution in [2.24, 2.45) is 0 Å². The number of furan rings is 1. The van der Waals surface area contributed by atoms with Crippen molar-refractivity contribution in [1.29, 1.82) is 0 Å². The second kappa shape index (κ2) is 8.16. The van der Waals surface area contributed by atoms with E-state index in [0.717, 1.165) is 14.0 Å². The van der Waals surface area contributed by atoms with Crippen LogP contribution in [-0.2, 0) is 16.1 Å². The van der Waals surface area contributed by atoms with Crippen LogP contribution >= 0.6 is 22.6 Å². The Balaban J connectivity index is 1.66. The van der Waals surface area contributed by atoms with Crippen LogP contribution in [0.25, 0.3) is 0 Å². The van der Waals surface area contributed by atoms with Crippen LogP contribution < -0.4 is 4.90 Å². The molecule has 4 rings (SSSR count). The quantitative estimate of drug-likeness (QED) is 0.396. The minimum Gasteiger partial charge on any atom is -0.459 e. The molecule has 2 aromatic heterocycles. The van der Waals surface area contributed by atoms with Gasteiger partial charge in [-0.2, -0.15) is 0 Å². The van der Waals surface area contributed by atoms with Gasteiger partial charge in [0.2, 0.25) is 5.91 Å². The zero-order valence-electron chi connectivity index (χ0n) is 15.2. The second-order valence-electron chi connectivity index (χ2n) is 6.54. The third-order valence-electron chi connectivity index (χ3n) is 4.65. The van der Waals surface area contributed by atoms with Crippen LogP contribution in [0, 0.1) is 3.57 Å². The summed E-state index contributed by atoms with van der Waals surface area (Å²) in [5.74, 6) is -1.11. The van der Waals surface area contributed by atoms with Gasteiger partial charge in [0.15, 0.2) is 5.76 Å². The van der Waals surface area contributed by atoms with Gasteiger partial charge in [-0.05, 0) is 70.6 Å². The molecule has 3 heterocycles. The van der Waals surface area contributed by atoms with Gasteiger partial charge in [0.25, 0.3) is 11.8 Å². The predicted molar refractivity (Wildman–Crippen MR) is 113 cm³/mol. The molecule has 1 aliphatic rings. The first-order valence-electron chi connectivity index (χ1n) is 8.90. The number of rotatable bonds is 5. The molecule has 1 fully saturated rings. The Morgan fingerprint density at radius 1 is 1.17 bits per heavy atom. The maximum atomic E-state index is 13.2. The first-order valence-corrected chi connectivity index (χ1v) is 9.98. The normalized spacial score (nSPS) is 16.3. The minimum absolute atomic E-state index is 0.0858. The van der Waals surface area contributed by atoms with E-state index in [9.17, 15) is 14.4 Å². The van der Waals surface area contributed by atoms with Gasteiger partial charge in [-0.15, -0.1) is 0 Å². The highest BCUT2D eigenvalue weighted by Crippen LogP contribution is 2.28. The predicted octanol–water partition coefficient (Wildman–Crippen LogP) is 3.25. The van der Waals surface area contributed by atoms with Gasteiger partial charge in [-0.1, -0.05) is 6.07 Å². The van der Waals surface area contributed by atoms with E-state index in [1.807, 2.05) is 18.2 Å². The van der Waals surface area contributed by atoms with Crippen LogP contribution in [0.5, 0.6) is 0 Å². The minimum atomic E-state index is -0.917. The number of hydrogen-bond acceptors (Lipinski definition) is 5. The van der Waals surface area contributed by atoms with Gasteiger partial charge < -0.3 is 9.32 Å². The lowest BCUT2D eigenvalue weighted by atomic mass is 10.1. The summed E-state index contributed by atoms with van der Waals surface area (Å²) in [6.07, 6.45) is 4.57. The van der Waals surface area contributed by atoms with Crippen LogP contribution in [0.2, 0.25) is 0 Å². The molecule has 29 heavy (non-hydrogen) atoms. The van der Waals surface area contributed by atoms with Gasteiger partial charge in [0.05, 0.1) is 18.4 Å². The molecular weight excluding hydrogens is 485 g/mol. The first-order chi connectivity index (χ1) is 14.0. The molecule has 0 aliphatic carbocycles. The average Bonchev–Trinajstić information content (AvgIpc) is 3.36. The van der Waals surface area contributed by atoms with Crippen molar-refractivity contribution < 1.29 is 18.8 Å². The number of pyridine rings is 1. The fraction of sp³-hybridized carbons (Fsp3) is 0.143. The highest BCUT2D eigenvalue weighted by Gasteiger charge is 2.45. The number of halogens is 1. The molecule has 1 unspecified atom stereocenters. The summed E-state index contributed by atoms with van der Waals surface area (Å²) in [5.41, 5.74) is 1.25. The maximum Gasteiger partial charge on any atom is 0.290 e. The van der Waals surface area contributed by atoms with Gasteiger partial charge in [-0.3, -0.25) is 19.4 Å². The molecule has 1 aromatic carbocycles. The molecular formula is C21H16IN3O4. The van der Waals surface area contributed by atoms with E-state index >= 15 is 0 Å². The molecule has 3 amide bonds. The van der Waals surface area contributed by atoms with E-state index in [0.29, 0.717) is 5.69 Å². The van der Waals surface area contributed by atoms with Gasteiger partial charge in [-0.25, -0.2) is 4.90 Å². The number of amides is 3. The lowest BCUT2D eigenvalue weighted by Gasteiger charge is -2.27. The topological polar surface area (TPSA) is 83.7 Å². The van der Waals surface area contributed by atoms with E-state index in [1.54, 1.807) is 36.7 Å². The summed E-state index contributed by atoms with van der Waals surface area (Å²) < 4.78 is 6.24. The fourth-order valence-electron chi connectivity index (χ4n) is 3.27. The Labute approximate surface area is 180 Å². The number of carbonyl (C=O) groups excluding carboxylic acids is 3. The van der Waals surface area contributed by atoms with Gasteiger partial charge >= 0.3 is 0 Å². The van der Waals surface area contributed by atoms with Crippen molar-refractivity contribution in [3.63, 3.8) is 0 Å². The molecule has 0 spiro atoms. The van der Waals surface area contributed by atoms with Crippen molar-refractivity contribution in [3.05, 3.63) is 82.1 Å². The molecule has 146 valence electrons. The van der Waals surface area contributed by atoms with Crippen LogP contribution in [0.15, 0.2) is 71.6 Å². The summed E-state index contributed by atoms with van der Waals surface area (Å²) in [6, 6.07) is 12.9. The summed E-state index contributed by atoms with van der Waals surface area (Å²) in [4.78, 5) is 45.5. The van der Waals surface area contributed by atoms with Gasteiger partial charge in [0.1, 0.15) is 6.04 Å². The molecule has 1 atom stereocenters. The number of hydrogen-bond donors (Lipinski definition) is 0. The third-order valence-corrected chi connectivity index (χ3v) is 5.37. The van der Waals surface area contributed by atoms with E-state index in [-0.39, 0.29) is 24.6 Å². The van der Waals surface area contributed by atoms with Crippen molar-refractivity contribution in [1.82, 2.24) is 9.88 Å². The number of nitrogens with zero attached hydrogens (tertiary/aromatic N) is 3. The zero-order valence-corrected chi connectivity index (χ0v) is 17.4. The standard InChI is InChI=1S/C21H16IN3O4/c22-15-5-7-16(8-6-15)25-19(26)11-17(20(25)27)24(13-14-3-1-9-23-12-14)21(28)18-4-2-10-29-18/h1-10,12,17H,11,13H2. The van der Waals surface area contributed by atoms with E-state index in [1.165, 1.54) is 17.2 Å². The Kier molecular flexibility index (Phi) is 5.43. The highest BCUT2D eigenvalue weighted by molar-refractivity contribution is 14.1. The monoisotopic (exact) mass is 501 g/mol. The summed E-state index contributed by atoms with van der Waals surface area (Å²) >= 11 is 2.15. The SMILES string of the molecule is O=C1CC(N(Cc2cccnc2)C(=O)c2ccco2)C(=O)N1c1ccc(I)cc1. The van der Waals surface area contributed by atoms with Crippen LogP contribution in [0.1, 0.15) is 22.5 Å². The molecule has 1 aliphatic heterocycles. The zero-order chi connectivity index (χ0) is 20.4. The Hall–Kier alpha value is -3.01. The number of benzene rings is 1. The largest absolute Gasteiger partial charge is 0.459 e. The molecule has 0 radical (unpaired) electrons. The van der Waals surface area contributed by atoms with E-state index in [4.69, 9.17) is 4.42 Å². The first kappa shape index (κ1) is 19.3. The Morgan fingerprint density at radius 2 is 1.97 bits per heavy atom. The molecule has 3 aromatic rings. The van der Waals surface area contributed by atoms with Crippen molar-refractivity contribution >= 4 is 46.0 Å². The number of anilines is 1. The fourth-order valence-corrected chi connectivity index (χ4v) is 3.63. The highest BCUT2D eigenvalue weighted by atomic mass is 127. The molecule has 7 nitrogen and oxygen atoms in total. The van der Waals surface area contributed by atoms with Gasteiger partial charge in [0, 0.05) is 22.5 Å². The van der Waals surface area contributed by atoms with Crippen LogP contribution in [0.3, 0.4) is 0 Å².